The van der Waals surface area contributed by atoms with E-state index in [1.54, 1.807) is 24.3 Å². The fraction of sp³-hybridized carbons (Fsp3) is 0.0400. The Bertz CT molecular complexity index is 1350. The first-order chi connectivity index (χ1) is 16.8. The molecule has 1 aliphatic heterocycles. The molecule has 4 rings (SSSR count). The number of aromatic hydroxyl groups is 1. The van der Waals surface area contributed by atoms with Crippen molar-refractivity contribution in [3.8, 4) is 11.5 Å². The number of amides is 5. The fourth-order valence-corrected chi connectivity index (χ4v) is 3.25. The highest BCUT2D eigenvalue weighted by Gasteiger charge is 2.36. The lowest BCUT2D eigenvalue weighted by atomic mass is 10.1. The summed E-state index contributed by atoms with van der Waals surface area (Å²) in [5.41, 5.74) is 0.290. The van der Waals surface area contributed by atoms with E-state index in [-0.39, 0.29) is 28.4 Å². The highest BCUT2D eigenvalue weighted by Crippen LogP contribution is 2.24. The number of nitrogens with one attached hydrogen (secondary N) is 2. The second-order valence-electron chi connectivity index (χ2n) is 7.36. The second-order valence-corrected chi connectivity index (χ2v) is 7.36. The van der Waals surface area contributed by atoms with E-state index in [0.29, 0.717) is 5.56 Å². The number of carbonyl (C=O) groups excluding carboxylic acids is 4. The normalized spacial score (nSPS) is 14.6. The smallest absolute Gasteiger partial charge is 0.335 e. The number of ether oxygens (including phenoxy) is 1. The highest BCUT2D eigenvalue weighted by molar-refractivity contribution is 6.39. The lowest BCUT2D eigenvalue weighted by Gasteiger charge is -2.26. The lowest BCUT2D eigenvalue weighted by molar-refractivity contribution is -0.122. The SMILES string of the molecule is O=C(COc1cccc(/C=C2/C(=O)NC(=O)N(c3ccc(O)cc3)C2=O)c1)Nc1ccccc1F. The number of urea groups is 1. The van der Waals surface area contributed by atoms with E-state index in [2.05, 4.69) is 10.6 Å². The quantitative estimate of drug-likeness (QED) is 0.371. The van der Waals surface area contributed by atoms with Gasteiger partial charge in [-0.05, 0) is 60.2 Å². The van der Waals surface area contributed by atoms with Crippen LogP contribution in [0, 0.1) is 5.82 Å². The van der Waals surface area contributed by atoms with E-state index in [9.17, 15) is 28.7 Å². The van der Waals surface area contributed by atoms with Crippen molar-refractivity contribution in [3.63, 3.8) is 0 Å². The van der Waals surface area contributed by atoms with Crippen molar-refractivity contribution in [2.45, 2.75) is 0 Å². The van der Waals surface area contributed by atoms with Crippen LogP contribution in [-0.2, 0) is 14.4 Å². The van der Waals surface area contributed by atoms with Gasteiger partial charge in [0.1, 0.15) is 22.9 Å². The summed E-state index contributed by atoms with van der Waals surface area (Å²) in [5.74, 6) is -2.66. The maximum Gasteiger partial charge on any atom is 0.335 e. The Morgan fingerprint density at radius 2 is 1.77 bits per heavy atom. The molecule has 0 spiro atoms. The molecule has 176 valence electrons. The molecule has 3 N–H and O–H groups in total. The van der Waals surface area contributed by atoms with Gasteiger partial charge in [0.15, 0.2) is 6.61 Å². The molecule has 1 aliphatic rings. The molecule has 0 atom stereocenters. The first-order valence-corrected chi connectivity index (χ1v) is 10.3. The van der Waals surface area contributed by atoms with Crippen LogP contribution in [0.3, 0.4) is 0 Å². The summed E-state index contributed by atoms with van der Waals surface area (Å²) < 4.78 is 19.1. The number of hydrogen-bond acceptors (Lipinski definition) is 6. The number of rotatable bonds is 6. The van der Waals surface area contributed by atoms with Gasteiger partial charge in [-0.2, -0.15) is 0 Å². The van der Waals surface area contributed by atoms with E-state index >= 15 is 0 Å². The third-order valence-corrected chi connectivity index (χ3v) is 4.90. The maximum atomic E-state index is 13.7. The summed E-state index contributed by atoms with van der Waals surface area (Å²) >= 11 is 0. The second kappa shape index (κ2) is 9.87. The molecular formula is C25H18FN3O6. The van der Waals surface area contributed by atoms with Crippen molar-refractivity contribution in [2.75, 3.05) is 16.8 Å². The number of para-hydroxylation sites is 1. The molecule has 5 amide bonds. The Morgan fingerprint density at radius 3 is 2.51 bits per heavy atom. The van der Waals surface area contributed by atoms with Crippen molar-refractivity contribution < 1.29 is 33.4 Å². The zero-order valence-corrected chi connectivity index (χ0v) is 18.0. The average molecular weight is 475 g/mol. The number of phenolic OH excluding ortho intramolecular Hbond substituents is 1. The van der Waals surface area contributed by atoms with Crippen molar-refractivity contribution >= 4 is 41.2 Å². The Balaban J connectivity index is 1.49. The number of phenols is 1. The van der Waals surface area contributed by atoms with E-state index in [1.807, 2.05) is 0 Å². The van der Waals surface area contributed by atoms with Crippen LogP contribution < -0.4 is 20.3 Å². The van der Waals surface area contributed by atoms with Gasteiger partial charge in [0.25, 0.3) is 17.7 Å². The minimum absolute atomic E-state index is 0.0223. The van der Waals surface area contributed by atoms with Gasteiger partial charge < -0.3 is 15.2 Å². The lowest BCUT2D eigenvalue weighted by Crippen LogP contribution is -2.54. The van der Waals surface area contributed by atoms with Crippen LogP contribution in [0.5, 0.6) is 11.5 Å². The highest BCUT2D eigenvalue weighted by atomic mass is 19.1. The summed E-state index contributed by atoms with van der Waals surface area (Å²) in [7, 11) is 0. The van der Waals surface area contributed by atoms with Crippen LogP contribution in [0.25, 0.3) is 6.08 Å². The molecule has 0 unspecified atom stereocenters. The van der Waals surface area contributed by atoms with Crippen LogP contribution in [0.4, 0.5) is 20.6 Å². The number of halogens is 1. The molecule has 0 bridgehead atoms. The third kappa shape index (κ3) is 5.33. The van der Waals surface area contributed by atoms with E-state index in [4.69, 9.17) is 4.74 Å². The number of barbiturate groups is 1. The van der Waals surface area contributed by atoms with Crippen LogP contribution in [-0.4, -0.2) is 35.5 Å². The predicted molar refractivity (Wildman–Crippen MR) is 124 cm³/mol. The summed E-state index contributed by atoms with van der Waals surface area (Å²) in [6.45, 7) is -0.406. The zero-order chi connectivity index (χ0) is 24.9. The number of anilines is 2. The third-order valence-electron chi connectivity index (χ3n) is 4.90. The summed E-state index contributed by atoms with van der Waals surface area (Å²) in [6, 6.07) is 16.4. The molecule has 35 heavy (non-hydrogen) atoms. The van der Waals surface area contributed by atoms with Gasteiger partial charge in [-0.15, -0.1) is 0 Å². The number of imide groups is 2. The average Bonchev–Trinajstić information content (AvgIpc) is 2.83. The molecule has 0 saturated carbocycles. The molecule has 1 saturated heterocycles. The van der Waals surface area contributed by atoms with E-state index in [1.165, 1.54) is 54.6 Å². The van der Waals surface area contributed by atoms with Gasteiger partial charge in [-0.25, -0.2) is 14.1 Å². The minimum atomic E-state index is -0.916. The predicted octanol–water partition coefficient (Wildman–Crippen LogP) is 3.22. The summed E-state index contributed by atoms with van der Waals surface area (Å²) in [4.78, 5) is 50.4. The Morgan fingerprint density at radius 1 is 1.03 bits per heavy atom. The van der Waals surface area contributed by atoms with Gasteiger partial charge >= 0.3 is 6.03 Å². The molecule has 0 aliphatic carbocycles. The van der Waals surface area contributed by atoms with Gasteiger partial charge in [0.05, 0.1) is 11.4 Å². The van der Waals surface area contributed by atoms with Crippen LogP contribution in [0.2, 0.25) is 0 Å². The maximum absolute atomic E-state index is 13.7. The molecule has 1 heterocycles. The van der Waals surface area contributed by atoms with E-state index in [0.717, 1.165) is 4.90 Å². The van der Waals surface area contributed by atoms with Gasteiger partial charge in [0, 0.05) is 0 Å². The topological polar surface area (TPSA) is 125 Å². The van der Waals surface area contributed by atoms with Crippen molar-refractivity contribution in [2.24, 2.45) is 0 Å². The molecule has 9 nitrogen and oxygen atoms in total. The van der Waals surface area contributed by atoms with Crippen LogP contribution in [0.15, 0.2) is 78.4 Å². The number of benzene rings is 3. The molecule has 0 aromatic heterocycles. The molecule has 3 aromatic carbocycles. The standard InChI is InChI=1S/C25H18FN3O6/c26-20-6-1-2-7-21(20)27-22(31)14-35-18-5-3-4-15(12-18)13-19-23(32)28-25(34)29(24(19)33)16-8-10-17(30)11-9-16/h1-13,30H,14H2,(H,27,31)(H,28,32,34)/b19-13-. The molecule has 10 heteroatoms. The van der Waals surface area contributed by atoms with Crippen LogP contribution in [0.1, 0.15) is 5.56 Å². The number of nitrogens with zero attached hydrogens (tertiary/aromatic N) is 1. The van der Waals surface area contributed by atoms with Crippen LogP contribution >= 0.6 is 0 Å². The van der Waals surface area contributed by atoms with Gasteiger partial charge in [-0.1, -0.05) is 24.3 Å². The largest absolute Gasteiger partial charge is 0.508 e. The van der Waals surface area contributed by atoms with E-state index < -0.39 is 36.2 Å². The monoisotopic (exact) mass is 475 g/mol. The minimum Gasteiger partial charge on any atom is -0.508 e. The first kappa shape index (κ1) is 23.2. The van der Waals surface area contributed by atoms with Crippen molar-refractivity contribution in [1.82, 2.24) is 5.32 Å². The fourth-order valence-electron chi connectivity index (χ4n) is 3.25. The number of hydrogen-bond donors (Lipinski definition) is 3. The summed E-state index contributed by atoms with van der Waals surface area (Å²) in [6.07, 6.45) is 1.28. The molecule has 1 fully saturated rings. The zero-order valence-electron chi connectivity index (χ0n) is 18.0. The van der Waals surface area contributed by atoms with Gasteiger partial charge in [-0.3, -0.25) is 19.7 Å². The molecule has 3 aromatic rings. The summed E-state index contributed by atoms with van der Waals surface area (Å²) in [5, 5.41) is 13.9. The Labute approximate surface area is 198 Å². The Kier molecular flexibility index (Phi) is 6.54. The molecule has 0 radical (unpaired) electrons. The molecular weight excluding hydrogens is 457 g/mol. The van der Waals surface area contributed by atoms with Crippen molar-refractivity contribution in [3.05, 3.63) is 89.8 Å². The first-order valence-electron chi connectivity index (χ1n) is 10.3. The van der Waals surface area contributed by atoms with Crippen molar-refractivity contribution in [1.29, 1.82) is 0 Å². The van der Waals surface area contributed by atoms with Gasteiger partial charge in [0.2, 0.25) is 0 Å². The Hall–Kier alpha value is -4.99. The number of carbonyl (C=O) groups is 4.